The van der Waals surface area contributed by atoms with Gasteiger partial charge in [0.15, 0.2) is 9.84 Å². The Labute approximate surface area is 131 Å². The van der Waals surface area contributed by atoms with Gasteiger partial charge in [-0.05, 0) is 19.8 Å². The molecule has 0 saturated heterocycles. The van der Waals surface area contributed by atoms with Crippen LogP contribution in [-0.2, 0) is 14.6 Å². The van der Waals surface area contributed by atoms with Crippen LogP contribution in [0.25, 0.3) is 0 Å². The molecule has 0 bridgehead atoms. The van der Waals surface area contributed by atoms with Crippen molar-refractivity contribution in [3.8, 4) is 0 Å². The van der Waals surface area contributed by atoms with Gasteiger partial charge in [-0.3, -0.25) is 4.79 Å². The summed E-state index contributed by atoms with van der Waals surface area (Å²) >= 11 is 0. The summed E-state index contributed by atoms with van der Waals surface area (Å²) < 4.78 is 24.6. The zero-order valence-electron chi connectivity index (χ0n) is 13.2. The zero-order valence-corrected chi connectivity index (χ0v) is 14.1. The van der Waals surface area contributed by atoms with Gasteiger partial charge in [0.2, 0.25) is 5.91 Å². The Morgan fingerprint density at radius 1 is 1.45 bits per heavy atom. The average Bonchev–Trinajstić information content (AvgIpc) is 2.94. The molecule has 1 aromatic heterocycles. The number of nitrogens with zero attached hydrogens (tertiary/aromatic N) is 2. The van der Waals surface area contributed by atoms with Crippen molar-refractivity contribution in [1.29, 1.82) is 0 Å². The molecule has 0 fully saturated rings. The lowest BCUT2D eigenvalue weighted by Crippen LogP contribution is -2.21. The fourth-order valence-electron chi connectivity index (χ4n) is 2.72. The lowest BCUT2D eigenvalue weighted by Gasteiger charge is -2.17. The molecule has 2 rings (SSSR count). The van der Waals surface area contributed by atoms with Gasteiger partial charge in [-0.15, -0.1) is 0 Å². The van der Waals surface area contributed by atoms with Crippen LogP contribution >= 0.6 is 0 Å². The van der Waals surface area contributed by atoms with E-state index in [1.165, 1.54) is 5.41 Å². The normalized spacial score (nSPS) is 19.7. The number of hydrogen-bond donors (Lipinski definition) is 1. The Bertz CT molecular complexity index is 672. The number of hydrogen-bond acceptors (Lipinski definition) is 4. The molecule has 1 atom stereocenters. The third-order valence-corrected chi connectivity index (χ3v) is 5.33. The second-order valence-electron chi connectivity index (χ2n) is 5.76. The number of aromatic nitrogens is 2. The highest BCUT2D eigenvalue weighted by atomic mass is 32.2. The van der Waals surface area contributed by atoms with Crippen LogP contribution in [0, 0.1) is 12.8 Å². The molecule has 122 valence electrons. The number of anilines is 1. The molecular formula is C15H23N3O3S. The van der Waals surface area contributed by atoms with Crippen molar-refractivity contribution in [3.63, 3.8) is 0 Å². The van der Waals surface area contributed by atoms with Crippen LogP contribution in [0.5, 0.6) is 0 Å². The highest BCUT2D eigenvalue weighted by Crippen LogP contribution is 2.23. The molecule has 1 aromatic rings. The van der Waals surface area contributed by atoms with Crippen molar-refractivity contribution in [2.75, 3.05) is 11.1 Å². The van der Waals surface area contributed by atoms with E-state index in [2.05, 4.69) is 24.3 Å². The van der Waals surface area contributed by atoms with Gasteiger partial charge in [0.1, 0.15) is 5.82 Å². The summed E-state index contributed by atoms with van der Waals surface area (Å²) in [5, 5.41) is 8.52. The van der Waals surface area contributed by atoms with Crippen LogP contribution in [0.3, 0.4) is 0 Å². The van der Waals surface area contributed by atoms with Crippen LogP contribution < -0.4 is 5.32 Å². The number of nitrogens with one attached hydrogen (secondary N) is 1. The van der Waals surface area contributed by atoms with Gasteiger partial charge in [0, 0.05) is 23.8 Å². The number of allylic oxidation sites excluding steroid dienone is 1. The molecule has 0 saturated carbocycles. The second-order valence-corrected chi connectivity index (χ2v) is 7.69. The lowest BCUT2D eigenvalue weighted by atomic mass is 10.1. The van der Waals surface area contributed by atoms with Gasteiger partial charge >= 0.3 is 0 Å². The zero-order chi connectivity index (χ0) is 16.3. The van der Waals surface area contributed by atoms with Crippen LogP contribution in [-0.4, -0.2) is 29.9 Å². The average molecular weight is 325 g/mol. The summed E-state index contributed by atoms with van der Waals surface area (Å²) in [6.07, 6.45) is 3.63. The Kier molecular flexibility index (Phi) is 5.05. The number of amides is 1. The summed E-state index contributed by atoms with van der Waals surface area (Å²) in [6, 6.07) is 2.09. The summed E-state index contributed by atoms with van der Waals surface area (Å²) in [7, 11) is -3.12. The first-order valence-corrected chi connectivity index (χ1v) is 9.33. The number of carbonyl (C=O) groups excluding carboxylic acids is 1. The van der Waals surface area contributed by atoms with Crippen molar-refractivity contribution in [1.82, 2.24) is 9.78 Å². The van der Waals surface area contributed by atoms with Crippen molar-refractivity contribution < 1.29 is 13.2 Å². The molecule has 1 aliphatic rings. The van der Waals surface area contributed by atoms with E-state index in [-0.39, 0.29) is 30.0 Å². The van der Waals surface area contributed by atoms with Gasteiger partial charge in [0.25, 0.3) is 0 Å². The van der Waals surface area contributed by atoms with Crippen molar-refractivity contribution >= 4 is 21.6 Å². The molecule has 0 aromatic carbocycles. The molecule has 0 aliphatic carbocycles. The number of rotatable bonds is 6. The SMILES string of the molecule is CCC(CC)n1nc(C)cc1NC(=O)CC1C=CS(=O)(=O)C1. The van der Waals surface area contributed by atoms with E-state index in [0.29, 0.717) is 5.82 Å². The molecular weight excluding hydrogens is 302 g/mol. The minimum Gasteiger partial charge on any atom is -0.311 e. The van der Waals surface area contributed by atoms with Crippen molar-refractivity contribution in [2.24, 2.45) is 5.92 Å². The first kappa shape index (κ1) is 16.7. The maximum absolute atomic E-state index is 12.2. The highest BCUT2D eigenvalue weighted by Gasteiger charge is 2.24. The number of sulfone groups is 1. The molecule has 1 unspecified atom stereocenters. The Hall–Kier alpha value is -1.63. The standard InChI is InChI=1S/C15H23N3O3S/c1-4-13(5-2)18-14(8-11(3)17-18)16-15(19)9-12-6-7-22(20,21)10-12/h6-8,12-13H,4-5,9-10H2,1-3H3,(H,16,19). The van der Waals surface area contributed by atoms with Crippen LogP contribution in [0.15, 0.2) is 17.6 Å². The van der Waals surface area contributed by atoms with E-state index in [1.54, 1.807) is 6.08 Å². The molecule has 2 heterocycles. The van der Waals surface area contributed by atoms with Crippen molar-refractivity contribution in [3.05, 3.63) is 23.2 Å². The van der Waals surface area contributed by atoms with E-state index in [4.69, 9.17) is 0 Å². The highest BCUT2D eigenvalue weighted by molar-refractivity contribution is 7.94. The van der Waals surface area contributed by atoms with E-state index < -0.39 is 9.84 Å². The first-order valence-electron chi connectivity index (χ1n) is 7.61. The molecule has 22 heavy (non-hydrogen) atoms. The van der Waals surface area contributed by atoms with Crippen LogP contribution in [0.1, 0.15) is 44.8 Å². The quantitative estimate of drug-likeness (QED) is 0.871. The molecule has 7 heteroatoms. The van der Waals surface area contributed by atoms with E-state index in [1.807, 2.05) is 17.7 Å². The van der Waals surface area contributed by atoms with Gasteiger partial charge in [-0.2, -0.15) is 5.10 Å². The lowest BCUT2D eigenvalue weighted by molar-refractivity contribution is -0.116. The van der Waals surface area contributed by atoms with E-state index >= 15 is 0 Å². The van der Waals surface area contributed by atoms with Gasteiger partial charge in [-0.25, -0.2) is 13.1 Å². The molecule has 0 radical (unpaired) electrons. The molecule has 1 N–H and O–H groups in total. The Balaban J connectivity index is 2.04. The summed E-state index contributed by atoms with van der Waals surface area (Å²) in [5.41, 5.74) is 0.852. The summed E-state index contributed by atoms with van der Waals surface area (Å²) in [5.74, 6) is 0.279. The molecule has 0 spiro atoms. The van der Waals surface area contributed by atoms with Crippen molar-refractivity contribution in [2.45, 2.75) is 46.1 Å². The fraction of sp³-hybridized carbons (Fsp3) is 0.600. The Morgan fingerprint density at radius 3 is 2.68 bits per heavy atom. The van der Waals surface area contributed by atoms with Gasteiger partial charge < -0.3 is 5.32 Å². The first-order chi connectivity index (χ1) is 10.3. The molecule has 1 amide bonds. The molecule has 1 aliphatic heterocycles. The fourth-order valence-corrected chi connectivity index (χ4v) is 4.12. The maximum Gasteiger partial charge on any atom is 0.226 e. The summed E-state index contributed by atoms with van der Waals surface area (Å²) in [6.45, 7) is 6.07. The monoisotopic (exact) mass is 325 g/mol. The topological polar surface area (TPSA) is 81.1 Å². The van der Waals surface area contributed by atoms with Crippen LogP contribution in [0.4, 0.5) is 5.82 Å². The second kappa shape index (κ2) is 6.64. The summed E-state index contributed by atoms with van der Waals surface area (Å²) in [4.78, 5) is 12.2. The third-order valence-electron chi connectivity index (χ3n) is 3.87. The number of aryl methyl sites for hydroxylation is 1. The smallest absolute Gasteiger partial charge is 0.226 e. The predicted octanol–water partition coefficient (Wildman–Crippen LogP) is 2.44. The van der Waals surface area contributed by atoms with Gasteiger partial charge in [0.05, 0.1) is 17.5 Å². The number of carbonyl (C=O) groups is 1. The largest absolute Gasteiger partial charge is 0.311 e. The minimum absolute atomic E-state index is 0.0191. The maximum atomic E-state index is 12.2. The van der Waals surface area contributed by atoms with Crippen LogP contribution in [0.2, 0.25) is 0 Å². The molecule has 6 nitrogen and oxygen atoms in total. The Morgan fingerprint density at radius 2 is 2.14 bits per heavy atom. The predicted molar refractivity (Wildman–Crippen MR) is 86.2 cm³/mol. The van der Waals surface area contributed by atoms with E-state index in [0.717, 1.165) is 18.5 Å². The van der Waals surface area contributed by atoms with E-state index in [9.17, 15) is 13.2 Å². The minimum atomic E-state index is -3.12. The third kappa shape index (κ3) is 3.97. The van der Waals surface area contributed by atoms with Gasteiger partial charge in [-0.1, -0.05) is 19.9 Å².